The van der Waals surface area contributed by atoms with E-state index in [9.17, 15) is 0 Å². The summed E-state index contributed by atoms with van der Waals surface area (Å²) in [6, 6.07) is 8.04. The van der Waals surface area contributed by atoms with Crippen LogP contribution in [0, 0.1) is 6.92 Å². The van der Waals surface area contributed by atoms with E-state index in [0.29, 0.717) is 0 Å². The molecule has 0 bridgehead atoms. The molecule has 1 aliphatic rings. The summed E-state index contributed by atoms with van der Waals surface area (Å²) in [7, 11) is 0. The van der Waals surface area contributed by atoms with Gasteiger partial charge in [-0.15, -0.1) is 0 Å². The van der Waals surface area contributed by atoms with Gasteiger partial charge >= 0.3 is 0 Å². The maximum absolute atomic E-state index is 4.88. The fourth-order valence-corrected chi connectivity index (χ4v) is 3.47. The molecule has 1 aliphatic heterocycles. The molecule has 0 saturated carbocycles. The van der Waals surface area contributed by atoms with Crippen molar-refractivity contribution in [3.8, 4) is 22.5 Å². The van der Waals surface area contributed by atoms with E-state index in [2.05, 4.69) is 33.4 Å². The monoisotopic (exact) mass is 328 g/mol. The van der Waals surface area contributed by atoms with Gasteiger partial charge in [-0.25, -0.2) is 0 Å². The Bertz CT molecular complexity index is 952. The summed E-state index contributed by atoms with van der Waals surface area (Å²) in [5, 5.41) is 4.88. The first kappa shape index (κ1) is 15.5. The molecule has 0 aromatic carbocycles. The highest BCUT2D eigenvalue weighted by atomic mass is 15.3. The molecule has 124 valence electrons. The summed E-state index contributed by atoms with van der Waals surface area (Å²) in [5.74, 6) is 0. The third-order valence-corrected chi connectivity index (χ3v) is 4.61. The molecule has 0 saturated heterocycles. The van der Waals surface area contributed by atoms with Crippen molar-refractivity contribution in [1.82, 2.24) is 19.7 Å². The van der Waals surface area contributed by atoms with Crippen molar-refractivity contribution in [3.05, 3.63) is 72.3 Å². The second kappa shape index (κ2) is 6.48. The Labute approximate surface area is 147 Å². The zero-order chi connectivity index (χ0) is 17.2. The summed E-state index contributed by atoms with van der Waals surface area (Å²) < 4.78 is 2.14. The fourth-order valence-electron chi connectivity index (χ4n) is 3.47. The molecule has 0 N–H and O–H groups in total. The van der Waals surface area contributed by atoms with Crippen LogP contribution in [-0.4, -0.2) is 19.7 Å². The van der Waals surface area contributed by atoms with Crippen molar-refractivity contribution in [3.63, 3.8) is 0 Å². The van der Waals surface area contributed by atoms with Crippen molar-refractivity contribution in [2.45, 2.75) is 26.3 Å². The Hall–Kier alpha value is -3.01. The standard InChI is InChI=1S/C21H20N4/c1-3-4-8-16-15(2)22-13-11-17(16)20-19-10-7-14-25(19)24-21(20)18-9-5-6-12-23-18/h3-6,8-9,11-13H,1,7,10,14H2,2H3/b8-4-. The van der Waals surface area contributed by atoms with Gasteiger partial charge in [-0.2, -0.15) is 5.10 Å². The van der Waals surface area contributed by atoms with E-state index in [0.717, 1.165) is 47.6 Å². The lowest BCUT2D eigenvalue weighted by Gasteiger charge is -2.10. The van der Waals surface area contributed by atoms with Crippen LogP contribution in [-0.2, 0) is 13.0 Å². The van der Waals surface area contributed by atoms with E-state index in [-0.39, 0.29) is 0 Å². The molecule has 4 nitrogen and oxygen atoms in total. The number of hydrogen-bond donors (Lipinski definition) is 0. The highest BCUT2D eigenvalue weighted by molar-refractivity contribution is 5.87. The van der Waals surface area contributed by atoms with E-state index in [1.54, 1.807) is 6.08 Å². The quantitative estimate of drug-likeness (QED) is 0.664. The lowest BCUT2D eigenvalue weighted by molar-refractivity contribution is 0.658. The van der Waals surface area contributed by atoms with Gasteiger partial charge in [0.1, 0.15) is 5.69 Å². The molecule has 4 rings (SSSR count). The van der Waals surface area contributed by atoms with Gasteiger partial charge in [0.05, 0.1) is 5.69 Å². The van der Waals surface area contributed by atoms with E-state index in [1.807, 2.05) is 43.6 Å². The van der Waals surface area contributed by atoms with E-state index >= 15 is 0 Å². The molecule has 3 aromatic heterocycles. The highest BCUT2D eigenvalue weighted by Crippen LogP contribution is 2.39. The predicted octanol–water partition coefficient (Wildman–Crippen LogP) is 4.46. The smallest absolute Gasteiger partial charge is 0.119 e. The van der Waals surface area contributed by atoms with Crippen LogP contribution in [0.3, 0.4) is 0 Å². The van der Waals surface area contributed by atoms with Gasteiger partial charge in [-0.05, 0) is 43.5 Å². The molecular weight excluding hydrogens is 308 g/mol. The molecule has 0 radical (unpaired) electrons. The first-order valence-corrected chi connectivity index (χ1v) is 8.55. The summed E-state index contributed by atoms with van der Waals surface area (Å²) in [6.07, 6.45) is 11.7. The van der Waals surface area contributed by atoms with Crippen molar-refractivity contribution in [1.29, 1.82) is 0 Å². The number of hydrogen-bond acceptors (Lipinski definition) is 3. The molecule has 0 unspecified atom stereocenters. The van der Waals surface area contributed by atoms with Gasteiger partial charge in [0, 0.05) is 41.5 Å². The molecular formula is C21H20N4. The molecule has 25 heavy (non-hydrogen) atoms. The van der Waals surface area contributed by atoms with Crippen LogP contribution in [0.5, 0.6) is 0 Å². The summed E-state index contributed by atoms with van der Waals surface area (Å²) in [4.78, 5) is 9.01. The topological polar surface area (TPSA) is 43.6 Å². The third-order valence-electron chi connectivity index (χ3n) is 4.61. The number of rotatable bonds is 4. The van der Waals surface area contributed by atoms with Crippen LogP contribution >= 0.6 is 0 Å². The van der Waals surface area contributed by atoms with Crippen molar-refractivity contribution in [2.75, 3.05) is 0 Å². The molecule has 4 heteroatoms. The van der Waals surface area contributed by atoms with Gasteiger partial charge in [0.2, 0.25) is 0 Å². The second-order valence-corrected chi connectivity index (χ2v) is 6.16. The molecule has 0 spiro atoms. The minimum Gasteiger partial charge on any atom is -0.268 e. The zero-order valence-corrected chi connectivity index (χ0v) is 14.3. The molecule has 3 aromatic rings. The van der Waals surface area contributed by atoms with Gasteiger partial charge < -0.3 is 0 Å². The number of fused-ring (bicyclic) bond motifs is 1. The van der Waals surface area contributed by atoms with Crippen molar-refractivity contribution < 1.29 is 0 Å². The lowest BCUT2D eigenvalue weighted by Crippen LogP contribution is -1.95. The first-order valence-electron chi connectivity index (χ1n) is 8.55. The Morgan fingerprint density at radius 3 is 2.88 bits per heavy atom. The SMILES string of the molecule is C=C/C=C\c1c(-c2c(-c3ccccn3)nn3c2CCC3)ccnc1C. The number of nitrogens with zero attached hydrogens (tertiary/aromatic N) is 4. The first-order chi connectivity index (χ1) is 12.3. The van der Waals surface area contributed by atoms with E-state index in [4.69, 9.17) is 5.10 Å². The lowest BCUT2D eigenvalue weighted by atomic mass is 9.95. The average molecular weight is 328 g/mol. The van der Waals surface area contributed by atoms with Gasteiger partial charge in [0.25, 0.3) is 0 Å². The molecule has 0 aliphatic carbocycles. The average Bonchev–Trinajstić information content (AvgIpc) is 3.22. The maximum atomic E-state index is 4.88. The van der Waals surface area contributed by atoms with Gasteiger partial charge in [0.15, 0.2) is 0 Å². The predicted molar refractivity (Wildman–Crippen MR) is 101 cm³/mol. The summed E-state index contributed by atoms with van der Waals surface area (Å²) in [5.41, 5.74) is 7.61. The number of aryl methyl sites for hydroxylation is 2. The summed E-state index contributed by atoms with van der Waals surface area (Å²) in [6.45, 7) is 6.79. The van der Waals surface area contributed by atoms with Crippen LogP contribution in [0.25, 0.3) is 28.6 Å². The maximum Gasteiger partial charge on any atom is 0.119 e. The zero-order valence-electron chi connectivity index (χ0n) is 14.3. The summed E-state index contributed by atoms with van der Waals surface area (Å²) >= 11 is 0. The molecule has 0 atom stereocenters. The Morgan fingerprint density at radius 1 is 1.16 bits per heavy atom. The number of allylic oxidation sites excluding steroid dienone is 2. The Morgan fingerprint density at radius 2 is 2.08 bits per heavy atom. The molecule has 0 amide bonds. The van der Waals surface area contributed by atoms with Gasteiger partial charge in [-0.1, -0.05) is 30.9 Å². The number of aromatic nitrogens is 4. The Balaban J connectivity index is 1.99. The highest BCUT2D eigenvalue weighted by Gasteiger charge is 2.25. The minimum atomic E-state index is 0.910. The van der Waals surface area contributed by atoms with E-state index < -0.39 is 0 Å². The van der Waals surface area contributed by atoms with Crippen molar-refractivity contribution in [2.24, 2.45) is 0 Å². The van der Waals surface area contributed by atoms with Crippen LogP contribution < -0.4 is 0 Å². The van der Waals surface area contributed by atoms with Crippen LogP contribution in [0.2, 0.25) is 0 Å². The van der Waals surface area contributed by atoms with Crippen LogP contribution in [0.4, 0.5) is 0 Å². The second-order valence-electron chi connectivity index (χ2n) is 6.16. The molecule has 0 fully saturated rings. The van der Waals surface area contributed by atoms with Crippen LogP contribution in [0.1, 0.15) is 23.4 Å². The molecule has 4 heterocycles. The van der Waals surface area contributed by atoms with Crippen molar-refractivity contribution >= 4 is 6.08 Å². The minimum absolute atomic E-state index is 0.910. The normalized spacial score (nSPS) is 13.3. The fraction of sp³-hybridized carbons (Fsp3) is 0.190. The third kappa shape index (κ3) is 2.70. The number of pyridine rings is 2. The van der Waals surface area contributed by atoms with E-state index in [1.165, 1.54) is 11.3 Å². The van der Waals surface area contributed by atoms with Gasteiger partial charge in [-0.3, -0.25) is 14.6 Å². The Kier molecular flexibility index (Phi) is 4.02. The van der Waals surface area contributed by atoms with Crippen LogP contribution in [0.15, 0.2) is 55.4 Å². The largest absolute Gasteiger partial charge is 0.268 e.